The summed E-state index contributed by atoms with van der Waals surface area (Å²) < 4.78 is 0. The van der Waals surface area contributed by atoms with Gasteiger partial charge in [0.1, 0.15) is 6.54 Å². The summed E-state index contributed by atoms with van der Waals surface area (Å²) in [6.07, 6.45) is 26.7. The van der Waals surface area contributed by atoms with Crippen LogP contribution < -0.4 is 28.9 Å². The molecule has 0 aliphatic rings. The van der Waals surface area contributed by atoms with Gasteiger partial charge in [-0.1, -0.05) is 136 Å². The zero-order valence-electron chi connectivity index (χ0n) is 24.9. The zero-order valence-corrected chi connectivity index (χ0v) is 25.7. The van der Waals surface area contributed by atoms with Crippen LogP contribution in [0.4, 0.5) is 0 Å². The maximum absolute atomic E-state index is 12.3. The average molecular weight is 561 g/mol. The van der Waals surface area contributed by atoms with Crippen molar-refractivity contribution in [1.29, 1.82) is 0 Å². The summed E-state index contributed by atoms with van der Waals surface area (Å²) in [5, 5.41) is 3.99. The molecule has 0 saturated carbocycles. The molecule has 7 nitrogen and oxygen atoms in total. The molecule has 0 heterocycles. The molecule has 0 aromatic heterocycles. The van der Waals surface area contributed by atoms with E-state index in [0.29, 0.717) is 13.0 Å². The minimum atomic E-state index is -0.350. The van der Waals surface area contributed by atoms with Crippen molar-refractivity contribution in [3.63, 3.8) is 0 Å². The van der Waals surface area contributed by atoms with E-state index in [0.717, 1.165) is 43.5 Å². The summed E-state index contributed by atoms with van der Waals surface area (Å²) in [7, 11) is 0. The molecule has 0 bridgehead atoms. The average Bonchev–Trinajstić information content (AvgIpc) is 2.89. The van der Waals surface area contributed by atoms with Crippen LogP contribution in [0.1, 0.15) is 155 Å². The molecule has 0 fully saturated rings. The summed E-state index contributed by atoms with van der Waals surface area (Å²) in [4.78, 5) is 36.5. The Morgan fingerprint density at radius 1 is 0.579 bits per heavy atom. The van der Waals surface area contributed by atoms with Crippen molar-refractivity contribution < 1.29 is 32.5 Å². The number of hydrazine groups is 1. The highest BCUT2D eigenvalue weighted by atomic mass is 35.5. The van der Waals surface area contributed by atoms with E-state index in [1.54, 1.807) is 0 Å². The Balaban J connectivity index is 0. The van der Waals surface area contributed by atoms with Gasteiger partial charge in [-0.2, -0.15) is 0 Å². The van der Waals surface area contributed by atoms with E-state index in [1.165, 1.54) is 96.3 Å². The molecule has 5 N–H and O–H groups in total. The summed E-state index contributed by atoms with van der Waals surface area (Å²) >= 11 is 0. The Hall–Kier alpha value is -1.34. The van der Waals surface area contributed by atoms with Crippen molar-refractivity contribution in [2.45, 2.75) is 155 Å². The highest BCUT2D eigenvalue weighted by Crippen LogP contribution is 2.13. The van der Waals surface area contributed by atoms with Gasteiger partial charge in [0.05, 0.1) is 0 Å². The fraction of sp³-hybridized carbons (Fsp3) is 0.900. The Bertz CT molecular complexity index is 564. The van der Waals surface area contributed by atoms with Crippen LogP contribution in [0, 0.1) is 0 Å². The van der Waals surface area contributed by atoms with Crippen LogP contribution in [-0.2, 0) is 14.4 Å². The molecule has 3 amide bonds. The number of quaternary nitrogens is 1. The number of unbranched alkanes of at least 4 members (excludes halogenated alkanes) is 19. The first kappa shape index (κ1) is 38.8. The Morgan fingerprint density at radius 3 is 1.39 bits per heavy atom. The van der Waals surface area contributed by atoms with Crippen LogP contribution in [0.3, 0.4) is 0 Å². The second-order valence-corrected chi connectivity index (χ2v) is 10.6. The number of carbonyl (C=O) groups is 3. The summed E-state index contributed by atoms with van der Waals surface area (Å²) in [6, 6.07) is 0. The molecule has 0 aliphatic carbocycles. The van der Waals surface area contributed by atoms with Gasteiger partial charge < -0.3 is 23.5 Å². The molecule has 0 spiro atoms. The smallest absolute Gasteiger partial charge is 0.296 e. The first-order valence-corrected chi connectivity index (χ1v) is 15.7. The predicted molar refractivity (Wildman–Crippen MR) is 154 cm³/mol. The molecule has 226 valence electrons. The Morgan fingerprint density at radius 2 is 0.974 bits per heavy atom. The van der Waals surface area contributed by atoms with Gasteiger partial charge in [0.15, 0.2) is 6.54 Å². The number of hydrogen-bond donors (Lipinski definition) is 3. The molecule has 0 radical (unpaired) electrons. The van der Waals surface area contributed by atoms with E-state index in [2.05, 4.69) is 30.3 Å². The van der Waals surface area contributed by atoms with Crippen molar-refractivity contribution in [3.8, 4) is 0 Å². The van der Waals surface area contributed by atoms with E-state index in [1.807, 2.05) is 0 Å². The minimum absolute atomic E-state index is 0. The molecule has 8 heteroatoms. The van der Waals surface area contributed by atoms with E-state index in [4.69, 9.17) is 0 Å². The van der Waals surface area contributed by atoms with Gasteiger partial charge in [-0.3, -0.25) is 19.8 Å². The monoisotopic (exact) mass is 560 g/mol. The number of rotatable bonds is 26. The molecule has 0 unspecified atom stereocenters. The van der Waals surface area contributed by atoms with Crippen LogP contribution in [0.2, 0.25) is 0 Å². The highest BCUT2D eigenvalue weighted by molar-refractivity contribution is 5.87. The summed E-state index contributed by atoms with van der Waals surface area (Å²) in [5.41, 5.74) is 6.18. The van der Waals surface area contributed by atoms with Crippen molar-refractivity contribution in [2.75, 3.05) is 19.6 Å². The standard InChI is InChI=1S/C30H60N4O3.ClH/c1-3-5-7-9-10-11-12-13-14-15-16-17-18-19-21-23-25-32-29(36)27-34(30(37)26-31)33-28(35)24-22-20-8-6-4-2;/h3-27,31H2,1-2H3,(H,32,36)(H,33,35);1H. The molecule has 0 aliphatic heterocycles. The first-order chi connectivity index (χ1) is 18.0. The molecular formula is C30H61ClN4O3. The molecule has 0 atom stereocenters. The molecule has 0 rings (SSSR count). The van der Waals surface area contributed by atoms with Crippen LogP contribution >= 0.6 is 0 Å². The van der Waals surface area contributed by atoms with Crippen LogP contribution in [0.15, 0.2) is 0 Å². The lowest BCUT2D eigenvalue weighted by molar-refractivity contribution is -0.357. The Kier molecular flexibility index (Phi) is 30.8. The van der Waals surface area contributed by atoms with Gasteiger partial charge in [0.2, 0.25) is 11.8 Å². The number of hydrogen-bond acceptors (Lipinski definition) is 3. The van der Waals surface area contributed by atoms with E-state index in [-0.39, 0.29) is 43.2 Å². The molecule has 0 aromatic carbocycles. The number of amides is 3. The molecule has 38 heavy (non-hydrogen) atoms. The van der Waals surface area contributed by atoms with Crippen molar-refractivity contribution in [3.05, 3.63) is 0 Å². The number of nitrogens with one attached hydrogen (secondary N) is 2. The molecular weight excluding hydrogens is 500 g/mol. The molecule has 0 aromatic rings. The lowest BCUT2D eigenvalue weighted by Gasteiger charge is -2.21. The normalized spacial score (nSPS) is 10.6. The summed E-state index contributed by atoms with van der Waals surface area (Å²) in [6.45, 7) is 4.88. The van der Waals surface area contributed by atoms with Gasteiger partial charge in [0, 0.05) is 13.0 Å². The summed E-state index contributed by atoms with van der Waals surface area (Å²) in [5.74, 6) is -0.813. The van der Waals surface area contributed by atoms with Gasteiger partial charge in [-0.05, 0) is 12.8 Å². The zero-order chi connectivity index (χ0) is 27.4. The van der Waals surface area contributed by atoms with E-state index >= 15 is 0 Å². The minimum Gasteiger partial charge on any atom is -1.00 e. The van der Waals surface area contributed by atoms with E-state index < -0.39 is 0 Å². The third-order valence-electron chi connectivity index (χ3n) is 6.94. The second kappa shape index (κ2) is 30.2. The number of nitrogens with zero attached hydrogens (tertiary/aromatic N) is 1. The maximum Gasteiger partial charge on any atom is 0.296 e. The lowest BCUT2D eigenvalue weighted by atomic mass is 10.0. The topological polar surface area (TPSA) is 106 Å². The maximum atomic E-state index is 12.3. The largest absolute Gasteiger partial charge is 1.00 e. The fourth-order valence-corrected chi connectivity index (χ4v) is 4.52. The fourth-order valence-electron chi connectivity index (χ4n) is 4.52. The van der Waals surface area contributed by atoms with Gasteiger partial charge >= 0.3 is 0 Å². The van der Waals surface area contributed by atoms with Crippen LogP contribution in [0.5, 0.6) is 0 Å². The van der Waals surface area contributed by atoms with Crippen LogP contribution in [-0.4, -0.2) is 42.4 Å². The predicted octanol–water partition coefficient (Wildman–Crippen LogP) is 2.83. The Labute approximate surface area is 240 Å². The van der Waals surface area contributed by atoms with Crippen LogP contribution in [0.25, 0.3) is 0 Å². The lowest BCUT2D eigenvalue weighted by Crippen LogP contribution is -3.00. The van der Waals surface area contributed by atoms with Gasteiger partial charge in [-0.15, -0.1) is 0 Å². The SMILES string of the molecule is CCCCCCCCCCCCCCCCCCNC(=O)CN(NC(=O)CCCCCCC)C(=O)C[NH3+].[Cl-]. The van der Waals surface area contributed by atoms with E-state index in [9.17, 15) is 14.4 Å². The third kappa shape index (κ3) is 26.3. The van der Waals surface area contributed by atoms with Crippen molar-refractivity contribution in [2.24, 2.45) is 0 Å². The quantitative estimate of drug-likeness (QED) is 0.112. The number of carbonyl (C=O) groups excluding carboxylic acids is 3. The number of halogens is 1. The highest BCUT2D eigenvalue weighted by Gasteiger charge is 2.19. The van der Waals surface area contributed by atoms with Crippen molar-refractivity contribution >= 4 is 17.7 Å². The molecule has 0 saturated heterocycles. The van der Waals surface area contributed by atoms with Gasteiger partial charge in [-0.25, -0.2) is 5.01 Å². The third-order valence-corrected chi connectivity index (χ3v) is 6.94. The first-order valence-electron chi connectivity index (χ1n) is 15.7. The van der Waals surface area contributed by atoms with Gasteiger partial charge in [0.25, 0.3) is 5.91 Å². The second-order valence-electron chi connectivity index (χ2n) is 10.6. The van der Waals surface area contributed by atoms with Crippen molar-refractivity contribution in [1.82, 2.24) is 15.8 Å².